The third-order valence-electron chi connectivity index (χ3n) is 4.45. The zero-order valence-corrected chi connectivity index (χ0v) is 15.3. The van der Waals surface area contributed by atoms with E-state index in [0.717, 1.165) is 10.8 Å². The number of hydrogen-bond acceptors (Lipinski definition) is 7. The highest BCUT2D eigenvalue weighted by Crippen LogP contribution is 2.33. The molecule has 0 N–H and O–H groups in total. The molecule has 8 nitrogen and oxygen atoms in total. The molecule has 0 spiro atoms. The number of fused-ring (bicyclic) bond motifs is 2. The first kappa shape index (κ1) is 18.7. The van der Waals surface area contributed by atoms with Crippen LogP contribution in [0.3, 0.4) is 0 Å². The smallest absolute Gasteiger partial charge is 0.344 e. The molecule has 0 saturated carbocycles. The van der Waals surface area contributed by atoms with E-state index in [0.29, 0.717) is 22.6 Å². The Kier molecular flexibility index (Phi) is 5.26. The van der Waals surface area contributed by atoms with E-state index in [1.165, 1.54) is 12.1 Å². The molecule has 1 heterocycles. The Hall–Kier alpha value is -3.65. The van der Waals surface area contributed by atoms with E-state index in [-0.39, 0.29) is 32.3 Å². The molecule has 0 bridgehead atoms. The largest absolute Gasteiger partial charge is 0.482 e. The van der Waals surface area contributed by atoms with Gasteiger partial charge in [0, 0.05) is 23.3 Å². The van der Waals surface area contributed by atoms with E-state index in [2.05, 4.69) is 0 Å². The molecule has 1 aliphatic heterocycles. The van der Waals surface area contributed by atoms with Crippen molar-refractivity contribution in [3.63, 3.8) is 0 Å². The summed E-state index contributed by atoms with van der Waals surface area (Å²) in [6.07, 6.45) is 0. The van der Waals surface area contributed by atoms with Crippen molar-refractivity contribution in [3.05, 3.63) is 75.8 Å². The van der Waals surface area contributed by atoms with Gasteiger partial charge in [-0.25, -0.2) is 4.79 Å². The number of rotatable bonds is 6. The van der Waals surface area contributed by atoms with Gasteiger partial charge in [0.1, 0.15) is 18.1 Å². The average Bonchev–Trinajstić information content (AvgIpc) is 2.75. The quantitative estimate of drug-likeness (QED) is 0.356. The molecule has 0 aromatic heterocycles. The van der Waals surface area contributed by atoms with Crippen molar-refractivity contribution in [2.75, 3.05) is 13.4 Å². The summed E-state index contributed by atoms with van der Waals surface area (Å²) in [6.45, 7) is -0.205. The lowest BCUT2D eigenvalue weighted by Crippen LogP contribution is -2.17. The van der Waals surface area contributed by atoms with Gasteiger partial charge in [-0.15, -0.1) is 0 Å². The number of non-ortho nitro benzene ring substituents is 1. The Morgan fingerprint density at radius 3 is 2.76 bits per heavy atom. The standard InChI is InChI=1S/C21H17NO7/c23-20(12-27-19-6-5-14-3-1-2-4-15(14)9-19)28-11-17-8-18(22(24)25)7-16-10-26-13-29-21(16)17/h1-9H,10-13H2. The topological polar surface area (TPSA) is 97.1 Å². The number of ether oxygens (including phenoxy) is 4. The monoisotopic (exact) mass is 395 g/mol. The van der Waals surface area contributed by atoms with Crippen LogP contribution in [0.15, 0.2) is 54.6 Å². The highest BCUT2D eigenvalue weighted by atomic mass is 16.7. The predicted octanol–water partition coefficient (Wildman–Crippen LogP) is 3.74. The van der Waals surface area contributed by atoms with Crippen LogP contribution >= 0.6 is 0 Å². The predicted molar refractivity (Wildman–Crippen MR) is 103 cm³/mol. The van der Waals surface area contributed by atoms with Crippen LogP contribution in [0.25, 0.3) is 10.8 Å². The van der Waals surface area contributed by atoms with Crippen molar-refractivity contribution in [3.8, 4) is 11.5 Å². The van der Waals surface area contributed by atoms with Crippen LogP contribution in [-0.2, 0) is 27.5 Å². The Morgan fingerprint density at radius 1 is 1.10 bits per heavy atom. The van der Waals surface area contributed by atoms with Crippen LogP contribution in [0.2, 0.25) is 0 Å². The molecule has 3 aromatic rings. The number of hydrogen-bond donors (Lipinski definition) is 0. The van der Waals surface area contributed by atoms with Gasteiger partial charge in [0.2, 0.25) is 0 Å². The van der Waals surface area contributed by atoms with Gasteiger partial charge in [0.15, 0.2) is 13.4 Å². The van der Waals surface area contributed by atoms with Gasteiger partial charge >= 0.3 is 5.97 Å². The molecule has 8 heteroatoms. The number of carbonyl (C=O) groups excluding carboxylic acids is 1. The first-order valence-electron chi connectivity index (χ1n) is 8.88. The van der Waals surface area contributed by atoms with Gasteiger partial charge in [-0.1, -0.05) is 30.3 Å². The third-order valence-corrected chi connectivity index (χ3v) is 4.45. The number of nitrogens with zero attached hydrogens (tertiary/aromatic N) is 1. The Bertz CT molecular complexity index is 1080. The summed E-state index contributed by atoms with van der Waals surface area (Å²) in [6, 6.07) is 16.1. The highest BCUT2D eigenvalue weighted by Gasteiger charge is 2.21. The van der Waals surface area contributed by atoms with Gasteiger partial charge in [0.25, 0.3) is 5.69 Å². The van der Waals surface area contributed by atoms with Crippen molar-refractivity contribution in [1.29, 1.82) is 0 Å². The normalized spacial score (nSPS) is 12.7. The SMILES string of the molecule is O=C(COc1ccc2ccccc2c1)OCc1cc([N+](=O)[O-])cc2c1OCOC2. The van der Waals surface area contributed by atoms with Gasteiger partial charge in [-0.05, 0) is 22.9 Å². The fraction of sp³-hybridized carbons (Fsp3) is 0.190. The van der Waals surface area contributed by atoms with Crippen molar-refractivity contribution in [2.45, 2.75) is 13.2 Å². The number of carbonyl (C=O) groups is 1. The molecule has 0 amide bonds. The molecule has 0 fully saturated rings. The summed E-state index contributed by atoms with van der Waals surface area (Å²) in [4.78, 5) is 22.7. The van der Waals surface area contributed by atoms with Crippen LogP contribution < -0.4 is 9.47 Å². The second kappa shape index (κ2) is 8.15. The molecule has 4 rings (SSSR count). The van der Waals surface area contributed by atoms with Crippen LogP contribution in [0, 0.1) is 10.1 Å². The van der Waals surface area contributed by atoms with Crippen molar-refractivity contribution < 1.29 is 28.7 Å². The molecule has 0 radical (unpaired) electrons. The minimum absolute atomic E-state index is 0.0385. The van der Waals surface area contributed by atoms with E-state index in [4.69, 9.17) is 18.9 Å². The minimum atomic E-state index is -0.592. The van der Waals surface area contributed by atoms with E-state index in [1.54, 1.807) is 6.07 Å². The average molecular weight is 395 g/mol. The van der Waals surface area contributed by atoms with Crippen LogP contribution in [0.1, 0.15) is 11.1 Å². The summed E-state index contributed by atoms with van der Waals surface area (Å²) in [5.41, 5.74) is 0.844. The van der Waals surface area contributed by atoms with E-state index in [9.17, 15) is 14.9 Å². The number of nitro groups is 1. The van der Waals surface area contributed by atoms with Crippen LogP contribution in [0.4, 0.5) is 5.69 Å². The molecule has 0 atom stereocenters. The van der Waals surface area contributed by atoms with Crippen molar-refractivity contribution in [2.24, 2.45) is 0 Å². The number of esters is 1. The maximum atomic E-state index is 12.1. The molecule has 3 aromatic carbocycles. The molecule has 0 saturated heterocycles. The first-order valence-corrected chi connectivity index (χ1v) is 8.88. The molecule has 0 aliphatic carbocycles. The maximum absolute atomic E-state index is 12.1. The summed E-state index contributed by atoms with van der Waals surface area (Å²) in [5.74, 6) is 0.407. The van der Waals surface area contributed by atoms with Crippen molar-refractivity contribution >= 4 is 22.4 Å². The Labute approximate surface area is 165 Å². The molecule has 29 heavy (non-hydrogen) atoms. The lowest BCUT2D eigenvalue weighted by molar-refractivity contribution is -0.385. The zero-order valence-electron chi connectivity index (χ0n) is 15.3. The van der Waals surface area contributed by atoms with Gasteiger partial charge in [-0.2, -0.15) is 0 Å². The lowest BCUT2D eigenvalue weighted by atomic mass is 10.1. The Balaban J connectivity index is 1.40. The molecular formula is C21H17NO7. The van der Waals surface area contributed by atoms with Gasteiger partial charge in [0.05, 0.1) is 11.5 Å². The van der Waals surface area contributed by atoms with E-state index < -0.39 is 10.9 Å². The fourth-order valence-electron chi connectivity index (χ4n) is 3.09. The van der Waals surface area contributed by atoms with Crippen LogP contribution in [-0.4, -0.2) is 24.3 Å². The third kappa shape index (κ3) is 4.27. The zero-order chi connectivity index (χ0) is 20.2. The van der Waals surface area contributed by atoms with Crippen molar-refractivity contribution in [1.82, 2.24) is 0 Å². The number of nitro benzene ring substituents is 1. The summed E-state index contributed by atoms with van der Waals surface area (Å²) < 4.78 is 21.3. The summed E-state index contributed by atoms with van der Waals surface area (Å²) in [5, 5.41) is 13.2. The molecular weight excluding hydrogens is 378 g/mol. The second-order valence-electron chi connectivity index (χ2n) is 6.42. The second-order valence-corrected chi connectivity index (χ2v) is 6.42. The molecule has 1 aliphatic rings. The summed E-state index contributed by atoms with van der Waals surface area (Å²) >= 11 is 0. The molecule has 148 valence electrons. The lowest BCUT2D eigenvalue weighted by Gasteiger charge is -2.20. The Morgan fingerprint density at radius 2 is 1.93 bits per heavy atom. The molecule has 0 unspecified atom stereocenters. The summed E-state index contributed by atoms with van der Waals surface area (Å²) in [7, 11) is 0. The minimum Gasteiger partial charge on any atom is -0.482 e. The van der Waals surface area contributed by atoms with E-state index >= 15 is 0 Å². The van der Waals surface area contributed by atoms with Gasteiger partial charge < -0.3 is 18.9 Å². The first-order chi connectivity index (χ1) is 14.1. The van der Waals surface area contributed by atoms with Gasteiger partial charge in [-0.3, -0.25) is 10.1 Å². The van der Waals surface area contributed by atoms with Crippen LogP contribution in [0.5, 0.6) is 11.5 Å². The highest BCUT2D eigenvalue weighted by molar-refractivity contribution is 5.83. The number of benzene rings is 3. The fourth-order valence-corrected chi connectivity index (χ4v) is 3.09. The maximum Gasteiger partial charge on any atom is 0.344 e. The van der Waals surface area contributed by atoms with E-state index in [1.807, 2.05) is 36.4 Å².